The molecule has 0 bridgehead atoms. The highest BCUT2D eigenvalue weighted by Gasteiger charge is 2.11. The molecule has 0 heterocycles. The lowest BCUT2D eigenvalue weighted by Gasteiger charge is -2.25. The molecular formula is C28H24N4O4. The van der Waals surface area contributed by atoms with Gasteiger partial charge < -0.3 is 9.64 Å². The number of ether oxygens (including phenoxy) is 1. The molecule has 0 fully saturated rings. The number of carbonyl (C=O) groups excluding carboxylic acids is 2. The largest absolute Gasteiger partial charge is 0.484 e. The second kappa shape index (κ2) is 12.0. The van der Waals surface area contributed by atoms with Gasteiger partial charge in [0.1, 0.15) is 5.75 Å². The average molecular weight is 481 g/mol. The van der Waals surface area contributed by atoms with Crippen molar-refractivity contribution in [1.29, 1.82) is 0 Å². The number of nitrogens with one attached hydrogen (secondary N) is 2. The Morgan fingerprint density at radius 2 is 1.42 bits per heavy atom. The van der Waals surface area contributed by atoms with E-state index in [1.165, 1.54) is 11.5 Å². The summed E-state index contributed by atoms with van der Waals surface area (Å²) >= 11 is 0. The van der Waals surface area contributed by atoms with Crippen LogP contribution in [0.1, 0.15) is 15.9 Å². The van der Waals surface area contributed by atoms with Crippen molar-refractivity contribution in [3.05, 3.63) is 120 Å². The summed E-state index contributed by atoms with van der Waals surface area (Å²) in [5, 5.41) is 12.6. The van der Waals surface area contributed by atoms with Crippen molar-refractivity contribution >= 4 is 35.1 Å². The number of hydroxylamine groups is 1. The van der Waals surface area contributed by atoms with Crippen molar-refractivity contribution in [1.82, 2.24) is 10.9 Å². The standard InChI is InChI=1S/C28H24N4O4/c33-27(31-35)20-36-26-13-7-8-22(18-26)28(34)30-29-19-21-14-16-25(17-15-21)32(23-9-3-1-4-10-23)24-11-5-2-6-12-24/h1-19,35H,20H2,(H,30,34)(H,31,33)/b29-19+. The predicted molar refractivity (Wildman–Crippen MR) is 138 cm³/mol. The summed E-state index contributed by atoms with van der Waals surface area (Å²) in [6, 6.07) is 34.3. The maximum atomic E-state index is 12.4. The second-order valence-corrected chi connectivity index (χ2v) is 7.65. The Bertz CT molecular complexity index is 1290. The molecular weight excluding hydrogens is 456 g/mol. The van der Waals surface area contributed by atoms with Crippen LogP contribution in [0.3, 0.4) is 0 Å². The molecule has 4 rings (SSSR count). The van der Waals surface area contributed by atoms with E-state index >= 15 is 0 Å². The fraction of sp³-hybridized carbons (Fsp3) is 0.0357. The summed E-state index contributed by atoms with van der Waals surface area (Å²) in [6.45, 7) is -0.373. The molecule has 2 amide bonds. The lowest BCUT2D eigenvalue weighted by molar-refractivity contribution is -0.131. The van der Waals surface area contributed by atoms with Crippen LogP contribution in [0.15, 0.2) is 114 Å². The third-order valence-electron chi connectivity index (χ3n) is 5.15. The number of benzene rings is 4. The van der Waals surface area contributed by atoms with Gasteiger partial charge in [-0.15, -0.1) is 0 Å². The second-order valence-electron chi connectivity index (χ2n) is 7.65. The zero-order valence-corrected chi connectivity index (χ0v) is 19.2. The van der Waals surface area contributed by atoms with E-state index in [0.717, 1.165) is 22.6 Å². The van der Waals surface area contributed by atoms with Gasteiger partial charge in [-0.05, 0) is 60.2 Å². The lowest BCUT2D eigenvalue weighted by atomic mass is 10.1. The van der Waals surface area contributed by atoms with Gasteiger partial charge in [-0.1, -0.05) is 54.6 Å². The van der Waals surface area contributed by atoms with Gasteiger partial charge in [-0.25, -0.2) is 10.9 Å². The number of rotatable bonds is 9. The van der Waals surface area contributed by atoms with Crippen LogP contribution in [0, 0.1) is 0 Å². The molecule has 0 unspecified atom stereocenters. The van der Waals surface area contributed by atoms with Gasteiger partial charge in [0.2, 0.25) is 0 Å². The van der Waals surface area contributed by atoms with E-state index in [1.54, 1.807) is 24.4 Å². The molecule has 0 saturated heterocycles. The number of anilines is 3. The van der Waals surface area contributed by atoms with Crippen LogP contribution in [0.25, 0.3) is 0 Å². The Kier molecular flexibility index (Phi) is 8.03. The first-order valence-corrected chi connectivity index (χ1v) is 11.1. The fourth-order valence-corrected chi connectivity index (χ4v) is 3.45. The smallest absolute Gasteiger partial charge is 0.281 e. The first kappa shape index (κ1) is 24.2. The number of hydrogen-bond donors (Lipinski definition) is 3. The minimum Gasteiger partial charge on any atom is -0.484 e. The first-order chi connectivity index (χ1) is 17.6. The number of nitrogens with zero attached hydrogens (tertiary/aromatic N) is 2. The highest BCUT2D eigenvalue weighted by Crippen LogP contribution is 2.33. The Morgan fingerprint density at radius 1 is 0.806 bits per heavy atom. The number of hydrogen-bond acceptors (Lipinski definition) is 6. The summed E-state index contributed by atoms with van der Waals surface area (Å²) in [5.74, 6) is -0.817. The SMILES string of the molecule is O=C(COc1cccc(C(=O)N/N=C/c2ccc(N(c3ccccc3)c3ccccc3)cc2)c1)NO. The van der Waals surface area contributed by atoms with Gasteiger partial charge in [0.25, 0.3) is 11.8 Å². The van der Waals surface area contributed by atoms with E-state index in [1.807, 2.05) is 60.7 Å². The van der Waals surface area contributed by atoms with Crippen LogP contribution >= 0.6 is 0 Å². The maximum Gasteiger partial charge on any atom is 0.281 e. The molecule has 0 aromatic heterocycles. The Morgan fingerprint density at radius 3 is 2.03 bits per heavy atom. The maximum absolute atomic E-state index is 12.4. The monoisotopic (exact) mass is 480 g/mol. The van der Waals surface area contributed by atoms with E-state index in [0.29, 0.717) is 11.3 Å². The first-order valence-electron chi connectivity index (χ1n) is 11.1. The summed E-state index contributed by atoms with van der Waals surface area (Å²) in [7, 11) is 0. The molecule has 0 atom stereocenters. The number of para-hydroxylation sites is 2. The molecule has 0 aliphatic carbocycles. The van der Waals surface area contributed by atoms with Crippen LogP contribution < -0.4 is 20.5 Å². The highest BCUT2D eigenvalue weighted by atomic mass is 16.5. The normalized spacial score (nSPS) is 10.6. The van der Waals surface area contributed by atoms with Crippen molar-refractivity contribution in [2.75, 3.05) is 11.5 Å². The van der Waals surface area contributed by atoms with Gasteiger partial charge >= 0.3 is 0 Å². The molecule has 3 N–H and O–H groups in total. The summed E-state index contributed by atoms with van der Waals surface area (Å²) in [5.41, 5.74) is 8.16. The summed E-state index contributed by atoms with van der Waals surface area (Å²) in [6.07, 6.45) is 1.56. The Labute approximate surface area is 208 Å². The molecule has 0 aliphatic rings. The van der Waals surface area contributed by atoms with Crippen molar-refractivity contribution in [2.45, 2.75) is 0 Å². The van der Waals surface area contributed by atoms with Crippen LogP contribution in [0.4, 0.5) is 17.1 Å². The van der Waals surface area contributed by atoms with Crippen LogP contribution in [0.2, 0.25) is 0 Å². The predicted octanol–water partition coefficient (Wildman–Crippen LogP) is 4.80. The fourth-order valence-electron chi connectivity index (χ4n) is 3.45. The van der Waals surface area contributed by atoms with Gasteiger partial charge in [0, 0.05) is 22.6 Å². The average Bonchev–Trinajstić information content (AvgIpc) is 2.94. The Hall–Kier alpha value is -4.95. The summed E-state index contributed by atoms with van der Waals surface area (Å²) < 4.78 is 5.22. The molecule has 0 saturated carbocycles. The van der Waals surface area contributed by atoms with Crippen molar-refractivity contribution in [3.63, 3.8) is 0 Å². The topological polar surface area (TPSA) is 103 Å². The minimum atomic E-state index is -0.698. The van der Waals surface area contributed by atoms with Crippen molar-refractivity contribution in [3.8, 4) is 5.75 Å². The van der Waals surface area contributed by atoms with Gasteiger partial charge in [0.15, 0.2) is 6.61 Å². The highest BCUT2D eigenvalue weighted by molar-refractivity contribution is 5.95. The van der Waals surface area contributed by atoms with Crippen molar-refractivity contribution in [2.24, 2.45) is 5.10 Å². The van der Waals surface area contributed by atoms with E-state index < -0.39 is 11.8 Å². The van der Waals surface area contributed by atoms with E-state index in [-0.39, 0.29) is 6.61 Å². The van der Waals surface area contributed by atoms with Crippen LogP contribution in [-0.4, -0.2) is 29.8 Å². The molecule has 8 heteroatoms. The molecule has 36 heavy (non-hydrogen) atoms. The molecule has 4 aromatic carbocycles. The molecule has 0 aliphatic heterocycles. The number of carbonyl (C=O) groups is 2. The third-order valence-corrected chi connectivity index (χ3v) is 5.15. The van der Waals surface area contributed by atoms with Gasteiger partial charge in [0.05, 0.1) is 6.21 Å². The number of hydrazone groups is 1. The molecule has 0 spiro atoms. The molecule has 0 radical (unpaired) electrons. The third kappa shape index (κ3) is 6.34. The zero-order valence-electron chi connectivity index (χ0n) is 19.2. The van der Waals surface area contributed by atoms with Crippen molar-refractivity contribution < 1.29 is 19.5 Å². The molecule has 180 valence electrons. The Balaban J connectivity index is 1.42. The van der Waals surface area contributed by atoms with E-state index in [9.17, 15) is 9.59 Å². The van der Waals surface area contributed by atoms with Gasteiger partial charge in [-0.3, -0.25) is 14.8 Å². The lowest BCUT2D eigenvalue weighted by Crippen LogP contribution is -2.25. The van der Waals surface area contributed by atoms with Crippen LogP contribution in [0.5, 0.6) is 5.75 Å². The zero-order chi connectivity index (χ0) is 25.2. The molecule has 8 nitrogen and oxygen atoms in total. The van der Waals surface area contributed by atoms with E-state index in [4.69, 9.17) is 9.94 Å². The number of amides is 2. The quantitative estimate of drug-likeness (QED) is 0.181. The molecule has 4 aromatic rings. The summed E-state index contributed by atoms with van der Waals surface area (Å²) in [4.78, 5) is 25.7. The van der Waals surface area contributed by atoms with E-state index in [2.05, 4.69) is 39.7 Å². The van der Waals surface area contributed by atoms with Gasteiger partial charge in [-0.2, -0.15) is 5.10 Å². The van der Waals surface area contributed by atoms with Crippen LogP contribution in [-0.2, 0) is 4.79 Å². The minimum absolute atomic E-state index is 0.311.